The summed E-state index contributed by atoms with van der Waals surface area (Å²) in [5, 5.41) is 5.14. The molecule has 2 aromatic rings. The molecule has 0 radical (unpaired) electrons. The first-order valence-electron chi connectivity index (χ1n) is 9.38. The largest absolute Gasteiger partial charge is 0.495 e. The highest BCUT2D eigenvalue weighted by Gasteiger charge is 2.52. The Kier molecular flexibility index (Phi) is 6.16. The van der Waals surface area contributed by atoms with E-state index in [1.807, 2.05) is 43.3 Å². The lowest BCUT2D eigenvalue weighted by Crippen LogP contribution is -2.36. The number of rotatable bonds is 8. The number of hydrogen-bond acceptors (Lipinski definition) is 5. The normalized spacial score (nSPS) is 13.9. The van der Waals surface area contributed by atoms with Crippen LogP contribution in [0, 0.1) is 6.92 Å². The van der Waals surface area contributed by atoms with Crippen LogP contribution in [0.25, 0.3) is 0 Å². The summed E-state index contributed by atoms with van der Waals surface area (Å²) in [4.78, 5) is 36.5. The highest BCUT2D eigenvalue weighted by atomic mass is 16.5. The molecule has 2 aromatic carbocycles. The van der Waals surface area contributed by atoms with Crippen LogP contribution in [0.1, 0.15) is 24.0 Å². The van der Waals surface area contributed by atoms with Gasteiger partial charge in [-0.25, -0.2) is 0 Å². The summed E-state index contributed by atoms with van der Waals surface area (Å²) in [5.74, 6) is -0.822. The molecule has 7 heteroatoms. The number of esters is 1. The summed E-state index contributed by atoms with van der Waals surface area (Å²) in [5.41, 5.74) is 1.75. The number of aryl methyl sites for hydroxylation is 1. The van der Waals surface area contributed by atoms with Crippen molar-refractivity contribution in [3.8, 4) is 5.75 Å². The first-order chi connectivity index (χ1) is 13.9. The van der Waals surface area contributed by atoms with Gasteiger partial charge in [0.05, 0.1) is 24.8 Å². The summed E-state index contributed by atoms with van der Waals surface area (Å²) in [6, 6.07) is 14.8. The van der Waals surface area contributed by atoms with Crippen molar-refractivity contribution in [2.45, 2.75) is 25.2 Å². The van der Waals surface area contributed by atoms with Crippen LogP contribution in [0.4, 0.5) is 5.69 Å². The van der Waals surface area contributed by atoms with E-state index in [4.69, 9.17) is 9.47 Å². The van der Waals surface area contributed by atoms with Crippen molar-refractivity contribution >= 4 is 23.5 Å². The molecule has 0 aliphatic heterocycles. The molecule has 152 valence electrons. The third-order valence-electron chi connectivity index (χ3n) is 4.88. The van der Waals surface area contributed by atoms with E-state index in [-0.39, 0.29) is 6.54 Å². The van der Waals surface area contributed by atoms with Crippen molar-refractivity contribution in [1.82, 2.24) is 5.32 Å². The molecule has 0 bridgehead atoms. The zero-order valence-corrected chi connectivity index (χ0v) is 16.5. The van der Waals surface area contributed by atoms with Crippen LogP contribution in [-0.2, 0) is 24.5 Å². The van der Waals surface area contributed by atoms with Gasteiger partial charge in [0.15, 0.2) is 6.61 Å². The Morgan fingerprint density at radius 3 is 2.41 bits per heavy atom. The van der Waals surface area contributed by atoms with Gasteiger partial charge in [-0.3, -0.25) is 14.4 Å². The van der Waals surface area contributed by atoms with E-state index in [9.17, 15) is 14.4 Å². The molecule has 1 fully saturated rings. The molecule has 2 amide bonds. The number of carbonyl (C=O) groups excluding carboxylic acids is 3. The fraction of sp³-hybridized carbons (Fsp3) is 0.318. The SMILES string of the molecule is COc1ccc(C)cc1NC(=O)CNC(=O)COC(=O)C1(c2ccccc2)CC1. The molecule has 0 aromatic heterocycles. The van der Waals surface area contributed by atoms with E-state index >= 15 is 0 Å². The number of hydrogen-bond donors (Lipinski definition) is 2. The summed E-state index contributed by atoms with van der Waals surface area (Å²) in [6.07, 6.45) is 1.41. The maximum absolute atomic E-state index is 12.4. The molecule has 0 spiro atoms. The van der Waals surface area contributed by atoms with Gasteiger partial charge in [-0.2, -0.15) is 0 Å². The second kappa shape index (κ2) is 8.77. The van der Waals surface area contributed by atoms with Gasteiger partial charge in [0, 0.05) is 0 Å². The smallest absolute Gasteiger partial charge is 0.317 e. The predicted octanol–water partition coefficient (Wildman–Crippen LogP) is 2.33. The number of methoxy groups -OCH3 is 1. The minimum Gasteiger partial charge on any atom is -0.495 e. The first-order valence-corrected chi connectivity index (χ1v) is 9.38. The topological polar surface area (TPSA) is 93.7 Å². The molecule has 7 nitrogen and oxygen atoms in total. The summed E-state index contributed by atoms with van der Waals surface area (Å²) in [7, 11) is 1.51. The van der Waals surface area contributed by atoms with Gasteiger partial charge >= 0.3 is 5.97 Å². The summed E-state index contributed by atoms with van der Waals surface area (Å²) >= 11 is 0. The zero-order valence-electron chi connectivity index (χ0n) is 16.5. The minimum absolute atomic E-state index is 0.239. The maximum Gasteiger partial charge on any atom is 0.317 e. The molecule has 0 unspecified atom stereocenters. The molecule has 1 aliphatic rings. The van der Waals surface area contributed by atoms with Crippen molar-refractivity contribution in [2.24, 2.45) is 0 Å². The van der Waals surface area contributed by atoms with Crippen molar-refractivity contribution in [3.63, 3.8) is 0 Å². The first kappa shape index (κ1) is 20.4. The number of benzene rings is 2. The van der Waals surface area contributed by atoms with Crippen molar-refractivity contribution in [3.05, 3.63) is 59.7 Å². The predicted molar refractivity (Wildman–Crippen MR) is 108 cm³/mol. The molecule has 0 heterocycles. The molecule has 2 N–H and O–H groups in total. The lowest BCUT2D eigenvalue weighted by molar-refractivity contribution is -0.151. The molecule has 0 atom stereocenters. The van der Waals surface area contributed by atoms with Crippen molar-refractivity contribution in [1.29, 1.82) is 0 Å². The van der Waals surface area contributed by atoms with E-state index < -0.39 is 29.8 Å². The summed E-state index contributed by atoms with van der Waals surface area (Å²) in [6.45, 7) is 1.24. The number of anilines is 1. The second-order valence-electron chi connectivity index (χ2n) is 7.05. The molecular weight excluding hydrogens is 372 g/mol. The van der Waals surface area contributed by atoms with Crippen LogP contribution in [-0.4, -0.2) is 38.0 Å². The van der Waals surface area contributed by atoms with E-state index in [0.29, 0.717) is 24.3 Å². The summed E-state index contributed by atoms with van der Waals surface area (Å²) < 4.78 is 10.4. The average Bonchev–Trinajstić information content (AvgIpc) is 3.53. The third-order valence-corrected chi connectivity index (χ3v) is 4.88. The fourth-order valence-electron chi connectivity index (χ4n) is 3.11. The Morgan fingerprint density at radius 1 is 1.03 bits per heavy atom. The highest BCUT2D eigenvalue weighted by Crippen LogP contribution is 2.49. The van der Waals surface area contributed by atoms with Crippen LogP contribution in [0.15, 0.2) is 48.5 Å². The van der Waals surface area contributed by atoms with Gasteiger partial charge in [-0.05, 0) is 43.0 Å². The van der Waals surface area contributed by atoms with Crippen LogP contribution in [0.5, 0.6) is 5.75 Å². The standard InChI is InChI=1S/C22H24N2O5/c1-15-8-9-18(28-2)17(12-15)24-19(25)13-23-20(26)14-29-21(27)22(10-11-22)16-6-4-3-5-7-16/h3-9,12H,10-11,13-14H2,1-2H3,(H,23,26)(H,24,25). The van der Waals surface area contributed by atoms with Gasteiger partial charge < -0.3 is 20.1 Å². The van der Waals surface area contributed by atoms with Crippen LogP contribution in [0.3, 0.4) is 0 Å². The van der Waals surface area contributed by atoms with Gasteiger partial charge in [0.25, 0.3) is 5.91 Å². The lowest BCUT2D eigenvalue weighted by atomic mass is 9.96. The number of nitrogens with one attached hydrogen (secondary N) is 2. The van der Waals surface area contributed by atoms with E-state index in [1.54, 1.807) is 12.1 Å². The molecular formula is C22H24N2O5. The zero-order chi connectivity index (χ0) is 20.9. The Labute approximate surface area is 169 Å². The van der Waals surface area contributed by atoms with Crippen molar-refractivity contribution < 1.29 is 23.9 Å². The molecule has 1 saturated carbocycles. The molecule has 29 heavy (non-hydrogen) atoms. The number of ether oxygens (including phenoxy) is 2. The van der Waals surface area contributed by atoms with Gasteiger partial charge in [0.2, 0.25) is 5.91 Å². The molecule has 0 saturated heterocycles. The quantitative estimate of drug-likeness (QED) is 0.668. The minimum atomic E-state index is -0.638. The van der Waals surface area contributed by atoms with Crippen LogP contribution in [0.2, 0.25) is 0 Å². The van der Waals surface area contributed by atoms with Crippen LogP contribution >= 0.6 is 0 Å². The van der Waals surface area contributed by atoms with E-state index in [2.05, 4.69) is 10.6 Å². The Hall–Kier alpha value is -3.35. The Morgan fingerprint density at radius 2 is 1.76 bits per heavy atom. The molecule has 1 aliphatic carbocycles. The van der Waals surface area contributed by atoms with E-state index in [1.165, 1.54) is 7.11 Å². The van der Waals surface area contributed by atoms with Gasteiger partial charge in [-0.15, -0.1) is 0 Å². The molecule has 3 rings (SSSR count). The monoisotopic (exact) mass is 396 g/mol. The van der Waals surface area contributed by atoms with E-state index in [0.717, 1.165) is 11.1 Å². The Balaban J connectivity index is 1.45. The number of amides is 2. The fourth-order valence-corrected chi connectivity index (χ4v) is 3.11. The number of carbonyl (C=O) groups is 3. The van der Waals surface area contributed by atoms with Gasteiger partial charge in [-0.1, -0.05) is 36.4 Å². The Bertz CT molecular complexity index is 907. The van der Waals surface area contributed by atoms with Crippen molar-refractivity contribution in [2.75, 3.05) is 25.6 Å². The van der Waals surface area contributed by atoms with Gasteiger partial charge in [0.1, 0.15) is 5.75 Å². The second-order valence-corrected chi connectivity index (χ2v) is 7.05. The maximum atomic E-state index is 12.4. The highest BCUT2D eigenvalue weighted by molar-refractivity contribution is 5.96. The van der Waals surface area contributed by atoms with Crippen LogP contribution < -0.4 is 15.4 Å². The lowest BCUT2D eigenvalue weighted by Gasteiger charge is -2.15. The third kappa shape index (κ3) is 4.93. The average molecular weight is 396 g/mol.